The van der Waals surface area contributed by atoms with Gasteiger partial charge in [-0.3, -0.25) is 24.2 Å². The SMILES string of the molecule is CNCC(=O)N1CN(C(=O)CNC)c2cc(Cn3ccc(OCc4ccc(F)cc4F)c(Cl)c3=O)ccc21. The van der Waals surface area contributed by atoms with Crippen LogP contribution in [0, 0.1) is 11.6 Å². The fourth-order valence-electron chi connectivity index (χ4n) is 4.08. The van der Waals surface area contributed by atoms with Crippen molar-refractivity contribution in [2.75, 3.05) is 43.7 Å². The zero-order valence-electron chi connectivity index (χ0n) is 20.8. The number of hydrogen-bond donors (Lipinski definition) is 2. The van der Waals surface area contributed by atoms with Crippen LogP contribution in [0.2, 0.25) is 5.02 Å². The van der Waals surface area contributed by atoms with E-state index in [0.29, 0.717) is 16.9 Å². The second-order valence-electron chi connectivity index (χ2n) is 8.62. The number of fused-ring (bicyclic) bond motifs is 1. The quantitative estimate of drug-likeness (QED) is 0.429. The fraction of sp³-hybridized carbons (Fsp3) is 0.269. The number of nitrogens with one attached hydrogen (secondary N) is 2. The van der Waals surface area contributed by atoms with Gasteiger partial charge >= 0.3 is 0 Å². The molecule has 2 heterocycles. The summed E-state index contributed by atoms with van der Waals surface area (Å²) in [5.74, 6) is -1.79. The van der Waals surface area contributed by atoms with Crippen LogP contribution in [0.3, 0.4) is 0 Å². The van der Waals surface area contributed by atoms with Crippen molar-refractivity contribution in [1.82, 2.24) is 15.2 Å². The lowest BCUT2D eigenvalue weighted by molar-refractivity contribution is -0.118. The molecule has 0 bridgehead atoms. The van der Waals surface area contributed by atoms with E-state index in [4.69, 9.17) is 16.3 Å². The van der Waals surface area contributed by atoms with Gasteiger partial charge in [-0.2, -0.15) is 0 Å². The number of rotatable bonds is 9. The van der Waals surface area contributed by atoms with E-state index in [0.717, 1.165) is 12.1 Å². The molecule has 0 spiro atoms. The molecule has 0 fully saturated rings. The largest absolute Gasteiger partial charge is 0.487 e. The first-order valence-electron chi connectivity index (χ1n) is 11.7. The number of halogens is 3. The Kier molecular flexibility index (Phi) is 8.40. The fourth-order valence-corrected chi connectivity index (χ4v) is 4.31. The molecule has 0 saturated heterocycles. The molecule has 200 valence electrons. The van der Waals surface area contributed by atoms with Gasteiger partial charge in [-0.05, 0) is 50.0 Å². The van der Waals surface area contributed by atoms with E-state index in [1.807, 2.05) is 0 Å². The van der Waals surface area contributed by atoms with Gasteiger partial charge in [-0.15, -0.1) is 0 Å². The maximum Gasteiger partial charge on any atom is 0.273 e. The Hall–Kier alpha value is -3.80. The van der Waals surface area contributed by atoms with Crippen LogP contribution in [-0.4, -0.2) is 50.2 Å². The Morgan fingerprint density at radius 3 is 2.32 bits per heavy atom. The van der Waals surface area contributed by atoms with E-state index in [1.165, 1.54) is 32.7 Å². The molecule has 4 rings (SSSR count). The van der Waals surface area contributed by atoms with Crippen molar-refractivity contribution in [3.8, 4) is 5.75 Å². The van der Waals surface area contributed by atoms with Crippen LogP contribution in [0.15, 0.2) is 53.5 Å². The first kappa shape index (κ1) is 27.2. The Morgan fingerprint density at radius 1 is 0.974 bits per heavy atom. The minimum absolute atomic E-state index is 0.0631. The van der Waals surface area contributed by atoms with E-state index in [1.54, 1.807) is 32.3 Å². The topological polar surface area (TPSA) is 95.9 Å². The van der Waals surface area contributed by atoms with Gasteiger partial charge in [0.15, 0.2) is 0 Å². The molecule has 9 nitrogen and oxygen atoms in total. The van der Waals surface area contributed by atoms with Gasteiger partial charge in [0, 0.05) is 17.8 Å². The van der Waals surface area contributed by atoms with Crippen molar-refractivity contribution in [3.63, 3.8) is 0 Å². The monoisotopic (exact) mass is 545 g/mol. The first-order valence-corrected chi connectivity index (χ1v) is 12.1. The van der Waals surface area contributed by atoms with Crippen molar-refractivity contribution in [2.45, 2.75) is 13.2 Å². The lowest BCUT2D eigenvalue weighted by atomic mass is 10.1. The molecule has 0 aliphatic carbocycles. The second-order valence-corrected chi connectivity index (χ2v) is 9.00. The van der Waals surface area contributed by atoms with Crippen LogP contribution >= 0.6 is 11.6 Å². The second kappa shape index (κ2) is 11.7. The lowest BCUT2D eigenvalue weighted by Crippen LogP contribution is -2.43. The van der Waals surface area contributed by atoms with Crippen LogP contribution in [0.25, 0.3) is 0 Å². The predicted molar refractivity (Wildman–Crippen MR) is 140 cm³/mol. The summed E-state index contributed by atoms with van der Waals surface area (Å²) in [6.07, 6.45) is 1.49. The number of benzene rings is 2. The van der Waals surface area contributed by atoms with E-state index in [9.17, 15) is 23.2 Å². The van der Waals surface area contributed by atoms with E-state index >= 15 is 0 Å². The third-order valence-electron chi connectivity index (χ3n) is 5.98. The van der Waals surface area contributed by atoms with Gasteiger partial charge in [0.1, 0.15) is 35.7 Å². The standard InChI is InChI=1S/C26H26ClF2N5O4/c1-30-11-23(35)33-15-34(24(36)12-31-2)21-9-16(3-6-20(21)33)13-32-8-7-22(25(27)26(32)37)38-14-17-4-5-18(28)10-19(17)29/h3-10,30-31H,11-15H2,1-2H3. The van der Waals surface area contributed by atoms with Crippen LogP contribution in [0.4, 0.5) is 20.2 Å². The number of hydrogen-bond acceptors (Lipinski definition) is 6. The van der Waals surface area contributed by atoms with Gasteiger partial charge in [0.25, 0.3) is 5.56 Å². The first-order chi connectivity index (χ1) is 18.2. The molecule has 0 unspecified atom stereocenters. The predicted octanol–water partition coefficient (Wildman–Crippen LogP) is 2.48. The molecule has 1 aliphatic heterocycles. The van der Waals surface area contributed by atoms with Crippen molar-refractivity contribution in [3.05, 3.63) is 86.8 Å². The lowest BCUT2D eigenvalue weighted by Gasteiger charge is -2.19. The minimum atomic E-state index is -0.764. The van der Waals surface area contributed by atoms with E-state index in [-0.39, 0.29) is 61.1 Å². The molecule has 12 heteroatoms. The number of amides is 2. The maximum absolute atomic E-state index is 13.9. The number of carbonyl (C=O) groups is 2. The van der Waals surface area contributed by atoms with Crippen LogP contribution < -0.4 is 30.7 Å². The minimum Gasteiger partial charge on any atom is -0.487 e. The number of ether oxygens (including phenoxy) is 1. The average Bonchev–Trinajstić information content (AvgIpc) is 3.27. The highest BCUT2D eigenvalue weighted by Crippen LogP contribution is 2.37. The third-order valence-corrected chi connectivity index (χ3v) is 6.33. The number of likely N-dealkylation sites (N-methyl/N-ethyl adjacent to an activating group) is 2. The summed E-state index contributed by atoms with van der Waals surface area (Å²) < 4.78 is 33.9. The van der Waals surface area contributed by atoms with Crippen molar-refractivity contribution < 1.29 is 23.1 Å². The molecule has 3 aromatic rings. The Bertz CT molecular complexity index is 1430. The summed E-state index contributed by atoms with van der Waals surface area (Å²) >= 11 is 6.25. The Labute approximate surface area is 222 Å². The number of carbonyl (C=O) groups excluding carboxylic acids is 2. The smallest absolute Gasteiger partial charge is 0.273 e. The molecule has 1 aliphatic rings. The summed E-state index contributed by atoms with van der Waals surface area (Å²) in [7, 11) is 3.33. The number of anilines is 2. The molecular formula is C26H26ClF2N5O4. The number of nitrogens with zero attached hydrogens (tertiary/aromatic N) is 3. The van der Waals surface area contributed by atoms with E-state index < -0.39 is 17.2 Å². The molecule has 2 amide bonds. The summed E-state index contributed by atoms with van der Waals surface area (Å²) in [5.41, 5.74) is 1.45. The molecular weight excluding hydrogens is 520 g/mol. The van der Waals surface area contributed by atoms with Crippen LogP contribution in [0.5, 0.6) is 5.75 Å². The highest BCUT2D eigenvalue weighted by molar-refractivity contribution is 6.31. The van der Waals surface area contributed by atoms with Crippen molar-refractivity contribution >= 4 is 34.8 Å². The maximum atomic E-state index is 13.9. The summed E-state index contributed by atoms with van der Waals surface area (Å²) in [5, 5.41) is 5.46. The molecule has 38 heavy (non-hydrogen) atoms. The van der Waals surface area contributed by atoms with Gasteiger partial charge < -0.3 is 19.9 Å². The molecule has 2 aromatic carbocycles. The van der Waals surface area contributed by atoms with Gasteiger partial charge in [-0.25, -0.2) is 8.78 Å². The van der Waals surface area contributed by atoms with Gasteiger partial charge in [0.2, 0.25) is 11.8 Å². The van der Waals surface area contributed by atoms with Gasteiger partial charge in [0.05, 0.1) is 31.0 Å². The van der Waals surface area contributed by atoms with E-state index in [2.05, 4.69) is 10.6 Å². The highest BCUT2D eigenvalue weighted by Gasteiger charge is 2.33. The summed E-state index contributed by atoms with van der Waals surface area (Å²) in [6.45, 7) is 0.199. The average molecular weight is 546 g/mol. The van der Waals surface area contributed by atoms with Gasteiger partial charge in [-0.1, -0.05) is 17.7 Å². The van der Waals surface area contributed by atoms with Crippen molar-refractivity contribution in [2.24, 2.45) is 0 Å². The summed E-state index contributed by atoms with van der Waals surface area (Å²) in [6, 6.07) is 9.88. The summed E-state index contributed by atoms with van der Waals surface area (Å²) in [4.78, 5) is 41.3. The highest BCUT2D eigenvalue weighted by atomic mass is 35.5. The van der Waals surface area contributed by atoms with Crippen LogP contribution in [-0.2, 0) is 22.7 Å². The molecule has 0 radical (unpaired) electrons. The van der Waals surface area contributed by atoms with Crippen LogP contribution in [0.1, 0.15) is 11.1 Å². The zero-order valence-corrected chi connectivity index (χ0v) is 21.5. The number of aromatic nitrogens is 1. The normalized spacial score (nSPS) is 12.6. The number of pyridine rings is 1. The zero-order chi connectivity index (χ0) is 27.4. The van der Waals surface area contributed by atoms with Crippen molar-refractivity contribution in [1.29, 1.82) is 0 Å². The molecule has 0 saturated carbocycles. The Morgan fingerprint density at radius 2 is 1.66 bits per heavy atom. The molecule has 2 N–H and O–H groups in total. The molecule has 1 aromatic heterocycles. The molecule has 0 atom stereocenters. The Balaban J connectivity index is 1.56. The third kappa shape index (κ3) is 5.69.